The quantitative estimate of drug-likeness (QED) is 0.0711. The van der Waals surface area contributed by atoms with Crippen LogP contribution in [0.4, 0.5) is 0 Å². The Kier molecular flexibility index (Phi) is 9.15. The van der Waals surface area contributed by atoms with E-state index in [9.17, 15) is 45.6 Å². The van der Waals surface area contributed by atoms with Crippen molar-refractivity contribution in [2.45, 2.75) is 56.8 Å². The number of Topliss-reactive ketones (excluding diaryl/α,β-unsaturated/α-hetero) is 1. The first kappa shape index (κ1) is 38.1. The summed E-state index contributed by atoms with van der Waals surface area (Å²) in [6.45, 7) is 3.83. The summed E-state index contributed by atoms with van der Waals surface area (Å²) in [5.74, 6) is -2.61. The van der Waals surface area contributed by atoms with Gasteiger partial charge in [-0.1, -0.05) is 35.9 Å². The van der Waals surface area contributed by atoms with Crippen LogP contribution in [0.3, 0.4) is 0 Å². The lowest BCUT2D eigenvalue weighted by atomic mass is 9.81. The summed E-state index contributed by atoms with van der Waals surface area (Å²) in [5, 5.41) is 86.1. The van der Waals surface area contributed by atoms with Crippen molar-refractivity contribution in [2.24, 2.45) is 0 Å². The summed E-state index contributed by atoms with van der Waals surface area (Å²) in [7, 11) is 0. The Balaban J connectivity index is 1.19. The Hall–Kier alpha value is -7.47. The number of hydrogen-bond donors (Lipinski definition) is 8. The molecule has 6 aromatic carbocycles. The van der Waals surface area contributed by atoms with Crippen molar-refractivity contribution < 1.29 is 59.9 Å². The normalized spacial score (nSPS) is 20.0. The Morgan fingerprint density at radius 3 is 1.67 bits per heavy atom. The third-order valence-electron chi connectivity index (χ3n) is 11.4. The van der Waals surface area contributed by atoms with Gasteiger partial charge in [0.05, 0.1) is 18.3 Å². The molecule has 8 N–H and O–H groups in total. The fourth-order valence-electron chi connectivity index (χ4n) is 8.76. The summed E-state index contributed by atoms with van der Waals surface area (Å²) >= 11 is 0. The second-order valence-corrected chi connectivity index (χ2v) is 15.7. The van der Waals surface area contributed by atoms with Crippen molar-refractivity contribution in [3.8, 4) is 63.2 Å². The number of benzene rings is 6. The van der Waals surface area contributed by atoms with Crippen LogP contribution in [-0.4, -0.2) is 46.6 Å². The Morgan fingerprint density at radius 1 is 0.583 bits per heavy atom. The number of rotatable bonds is 7. The molecule has 0 saturated heterocycles. The van der Waals surface area contributed by atoms with Gasteiger partial charge in [-0.05, 0) is 97.1 Å². The summed E-state index contributed by atoms with van der Waals surface area (Å²) in [4.78, 5) is 14.5. The molecule has 3 aliphatic rings. The fourth-order valence-corrected chi connectivity index (χ4v) is 8.76. The molecule has 3 aliphatic heterocycles. The lowest BCUT2D eigenvalue weighted by Crippen LogP contribution is -2.22. The molecule has 12 nitrogen and oxygen atoms in total. The van der Waals surface area contributed by atoms with Gasteiger partial charge in [-0.25, -0.2) is 0 Å². The van der Waals surface area contributed by atoms with E-state index in [1.165, 1.54) is 66.7 Å². The Labute approximate surface area is 343 Å². The van der Waals surface area contributed by atoms with Gasteiger partial charge in [-0.15, -0.1) is 0 Å². The largest absolute Gasteiger partial charge is 0.508 e. The lowest BCUT2D eigenvalue weighted by molar-refractivity contribution is 0.0839. The second kappa shape index (κ2) is 14.4. The predicted molar refractivity (Wildman–Crippen MR) is 218 cm³/mol. The highest BCUT2D eigenvalue weighted by molar-refractivity contribution is 6.04. The van der Waals surface area contributed by atoms with Gasteiger partial charge < -0.3 is 55.1 Å². The van der Waals surface area contributed by atoms with E-state index in [2.05, 4.69) is 0 Å². The van der Waals surface area contributed by atoms with Crippen LogP contribution in [-0.2, 0) is 6.42 Å². The van der Waals surface area contributed by atoms with Crippen LogP contribution >= 0.6 is 0 Å². The van der Waals surface area contributed by atoms with E-state index >= 15 is 0 Å². The summed E-state index contributed by atoms with van der Waals surface area (Å²) < 4.78 is 19.9. The summed E-state index contributed by atoms with van der Waals surface area (Å²) in [6, 6.07) is 24.2. The molecule has 0 radical (unpaired) electrons. The van der Waals surface area contributed by atoms with E-state index in [-0.39, 0.29) is 87.0 Å². The van der Waals surface area contributed by atoms with E-state index < -0.39 is 35.9 Å². The third-order valence-corrected chi connectivity index (χ3v) is 11.4. The van der Waals surface area contributed by atoms with Crippen LogP contribution < -0.4 is 14.2 Å². The van der Waals surface area contributed by atoms with E-state index in [0.29, 0.717) is 39.1 Å². The molecule has 6 aromatic rings. The van der Waals surface area contributed by atoms with Crippen LogP contribution in [0.15, 0.2) is 109 Å². The minimum atomic E-state index is -1.06. The number of fused-ring (bicyclic) bond motifs is 3. The minimum Gasteiger partial charge on any atom is -0.508 e. The average Bonchev–Trinajstić information content (AvgIpc) is 3.76. The monoisotopic (exact) mass is 808 g/mol. The molecular formula is C48H40O12. The van der Waals surface area contributed by atoms with E-state index in [1.807, 2.05) is 19.9 Å². The number of aromatic hydroxyl groups is 8. The lowest BCUT2D eigenvalue weighted by Gasteiger charge is -2.30. The molecule has 0 saturated carbocycles. The first-order valence-corrected chi connectivity index (χ1v) is 19.3. The molecular weight excluding hydrogens is 769 g/mol. The number of carbonyl (C=O) groups is 1. The number of phenolic OH excluding ortho intramolecular Hbond substituents is 8. The van der Waals surface area contributed by atoms with Gasteiger partial charge in [-0.2, -0.15) is 0 Å². The maximum Gasteiger partial charge on any atom is 0.174 e. The average molecular weight is 809 g/mol. The highest BCUT2D eigenvalue weighted by Gasteiger charge is 2.47. The number of ketones is 1. The Bertz CT molecular complexity index is 2690. The maximum atomic E-state index is 14.5. The van der Waals surface area contributed by atoms with Crippen LogP contribution in [0.1, 0.15) is 105 Å². The van der Waals surface area contributed by atoms with Gasteiger partial charge in [0.2, 0.25) is 0 Å². The van der Waals surface area contributed by atoms with Crippen LogP contribution in [0, 0.1) is 0 Å². The molecule has 12 heteroatoms. The maximum absolute atomic E-state index is 14.5. The predicted octanol–water partition coefficient (Wildman–Crippen LogP) is 9.08. The van der Waals surface area contributed by atoms with Crippen molar-refractivity contribution >= 4 is 5.78 Å². The molecule has 3 heterocycles. The van der Waals surface area contributed by atoms with Gasteiger partial charge in [0.25, 0.3) is 0 Å². The molecule has 9 rings (SSSR count). The van der Waals surface area contributed by atoms with Gasteiger partial charge >= 0.3 is 0 Å². The number of ether oxygens (including phenoxy) is 3. The molecule has 0 amide bonds. The summed E-state index contributed by atoms with van der Waals surface area (Å²) in [5.41, 5.74) is 4.62. The molecule has 0 spiro atoms. The standard InChI is InChI=1S/C48H40O12/c1-22(2)3-12-33-47-42(44(57)43-41(26-15-31(53)18-32(54)16-26)46(60-48(33)43)24-6-10-28(50)11-7-24)37(56)21-38(59-47)34-19-35-39(20-36(34)55)58-45(23-4-8-27(49)9-5-23)40(35)25-13-29(51)17-30(52)14-25/h3-11,13-20,38,40-41,45-46,49-55,57H,12,21H2,1-2H3. The smallest absolute Gasteiger partial charge is 0.174 e. The molecule has 0 aromatic heterocycles. The van der Waals surface area contributed by atoms with E-state index in [0.717, 1.165) is 5.57 Å². The molecule has 5 unspecified atom stereocenters. The summed E-state index contributed by atoms with van der Waals surface area (Å²) in [6.07, 6.45) is -0.745. The van der Waals surface area contributed by atoms with Crippen molar-refractivity contribution in [1.29, 1.82) is 0 Å². The second-order valence-electron chi connectivity index (χ2n) is 15.7. The van der Waals surface area contributed by atoms with Crippen molar-refractivity contribution in [1.82, 2.24) is 0 Å². The highest BCUT2D eigenvalue weighted by atomic mass is 16.5. The van der Waals surface area contributed by atoms with Crippen LogP contribution in [0.25, 0.3) is 0 Å². The first-order chi connectivity index (χ1) is 28.7. The SMILES string of the molecule is CC(C)=CCc1c2c(c(O)c3c1OC(c1ccc(O)cc1)C3c1cc(O)cc(O)c1)C(=O)CC(c1cc3c(cc1O)OC(c1ccc(O)cc1)C3c1cc(O)cc(O)c1)O2. The number of phenols is 8. The number of hydrogen-bond acceptors (Lipinski definition) is 12. The number of allylic oxidation sites excluding steroid dienone is 2. The molecule has 60 heavy (non-hydrogen) atoms. The minimum absolute atomic E-state index is 0.0250. The van der Waals surface area contributed by atoms with Crippen molar-refractivity contribution in [2.75, 3.05) is 0 Å². The van der Waals surface area contributed by atoms with Crippen LogP contribution in [0.5, 0.6) is 63.2 Å². The molecule has 304 valence electrons. The third kappa shape index (κ3) is 6.55. The van der Waals surface area contributed by atoms with E-state index in [4.69, 9.17) is 14.2 Å². The fraction of sp³-hybridized carbons (Fsp3) is 0.188. The van der Waals surface area contributed by atoms with Crippen LogP contribution in [0.2, 0.25) is 0 Å². The Morgan fingerprint density at radius 2 is 1.12 bits per heavy atom. The van der Waals surface area contributed by atoms with Crippen molar-refractivity contribution in [3.05, 3.63) is 159 Å². The zero-order chi connectivity index (χ0) is 42.1. The molecule has 5 atom stereocenters. The van der Waals surface area contributed by atoms with Gasteiger partial charge in [0, 0.05) is 40.5 Å². The molecule has 0 aliphatic carbocycles. The molecule has 0 fully saturated rings. The van der Waals surface area contributed by atoms with E-state index in [1.54, 1.807) is 30.3 Å². The number of carbonyl (C=O) groups excluding carboxylic acids is 1. The van der Waals surface area contributed by atoms with Gasteiger partial charge in [0.15, 0.2) is 5.78 Å². The molecule has 0 bridgehead atoms. The first-order valence-electron chi connectivity index (χ1n) is 19.3. The van der Waals surface area contributed by atoms with Crippen molar-refractivity contribution in [3.63, 3.8) is 0 Å². The zero-order valence-electron chi connectivity index (χ0n) is 32.3. The highest BCUT2D eigenvalue weighted by Crippen LogP contribution is 2.61. The zero-order valence-corrected chi connectivity index (χ0v) is 32.3. The van der Waals surface area contributed by atoms with Gasteiger partial charge in [-0.3, -0.25) is 4.79 Å². The van der Waals surface area contributed by atoms with Gasteiger partial charge in [0.1, 0.15) is 87.1 Å². The topological polar surface area (TPSA) is 207 Å².